The molecule has 0 amide bonds. The largest absolute Gasteiger partial charge is 0.394 e. The second kappa shape index (κ2) is 14.0. The first-order chi connectivity index (χ1) is 17.7. The highest BCUT2D eigenvalue weighted by Gasteiger charge is 2.46. The number of ether oxygens (including phenoxy) is 5. The van der Waals surface area contributed by atoms with E-state index in [0.717, 1.165) is 0 Å². The number of hydrogen-bond donors (Lipinski definition) is 9. The summed E-state index contributed by atoms with van der Waals surface area (Å²) in [7, 11) is 0. The minimum absolute atomic E-state index is 0.0627. The Morgan fingerprint density at radius 2 is 1.05 bits per heavy atom. The van der Waals surface area contributed by atoms with Crippen molar-refractivity contribution in [2.24, 2.45) is 23.3 Å². The number of aldehydes is 1. The molecule has 0 aromatic rings. The van der Waals surface area contributed by atoms with Crippen molar-refractivity contribution in [2.75, 3.05) is 46.2 Å². The Balaban J connectivity index is 1.50. The molecule has 216 valence electrons. The van der Waals surface area contributed by atoms with Crippen LogP contribution in [-0.4, -0.2) is 161 Å². The minimum atomic E-state index is -1.34. The second-order valence-electron chi connectivity index (χ2n) is 9.77. The van der Waals surface area contributed by atoms with Crippen LogP contribution in [0.25, 0.3) is 0 Å². The van der Waals surface area contributed by atoms with E-state index in [2.05, 4.69) is 0 Å². The first-order valence-electron chi connectivity index (χ1n) is 12.3. The van der Waals surface area contributed by atoms with Crippen molar-refractivity contribution in [1.29, 1.82) is 0 Å². The molecule has 0 saturated carbocycles. The summed E-state index contributed by atoms with van der Waals surface area (Å²) >= 11 is 0. The van der Waals surface area contributed by atoms with Gasteiger partial charge in [0.15, 0.2) is 6.29 Å². The quantitative estimate of drug-likeness (QED) is 0.104. The average molecular weight is 541 g/mol. The van der Waals surface area contributed by atoms with E-state index in [-0.39, 0.29) is 26.4 Å². The molecule has 3 saturated heterocycles. The van der Waals surface area contributed by atoms with Gasteiger partial charge in [-0.2, -0.15) is 0 Å². The van der Waals surface area contributed by atoms with Crippen molar-refractivity contribution in [3.63, 3.8) is 0 Å². The molecule has 3 heterocycles. The summed E-state index contributed by atoms with van der Waals surface area (Å²) in [5.41, 5.74) is 12.1. The lowest BCUT2D eigenvalue weighted by Crippen LogP contribution is -2.63. The van der Waals surface area contributed by atoms with Gasteiger partial charge in [0.05, 0.1) is 95.0 Å². The van der Waals surface area contributed by atoms with Crippen molar-refractivity contribution in [3.05, 3.63) is 0 Å². The highest BCUT2D eigenvalue weighted by molar-refractivity contribution is 5.58. The third-order valence-electron chi connectivity index (χ3n) is 7.44. The Bertz CT molecular complexity index is 703. The van der Waals surface area contributed by atoms with Gasteiger partial charge < -0.3 is 75.7 Å². The van der Waals surface area contributed by atoms with Gasteiger partial charge in [-0.15, -0.1) is 0 Å². The lowest BCUT2D eigenvalue weighted by molar-refractivity contribution is -0.211. The Labute approximate surface area is 213 Å². The maximum Gasteiger partial charge on any atom is 0.151 e. The Morgan fingerprint density at radius 3 is 1.57 bits per heavy atom. The van der Waals surface area contributed by atoms with Crippen LogP contribution in [0, 0.1) is 11.8 Å². The minimum Gasteiger partial charge on any atom is -0.394 e. The van der Waals surface area contributed by atoms with Crippen LogP contribution < -0.4 is 11.5 Å². The molecular weight excluding hydrogens is 500 g/mol. The predicted octanol–water partition coefficient (Wildman–Crippen LogP) is -6.17. The number of carbonyl (C=O) groups is 1. The number of rotatable bonds is 12. The van der Waals surface area contributed by atoms with Crippen LogP contribution in [0.15, 0.2) is 0 Å². The molecule has 3 fully saturated rings. The first kappa shape index (κ1) is 30.6. The Hall–Kier alpha value is -0.890. The molecule has 0 bridgehead atoms. The zero-order chi connectivity index (χ0) is 27.3. The summed E-state index contributed by atoms with van der Waals surface area (Å²) in [6.07, 6.45) is -9.87. The molecule has 14 atom stereocenters. The van der Waals surface area contributed by atoms with E-state index in [1.54, 1.807) is 0 Å². The maximum atomic E-state index is 11.0. The normalized spacial score (nSPS) is 46.7. The fourth-order valence-corrected chi connectivity index (χ4v) is 5.03. The molecule has 3 aliphatic rings. The van der Waals surface area contributed by atoms with Crippen molar-refractivity contribution in [2.45, 2.75) is 73.1 Å². The van der Waals surface area contributed by atoms with Gasteiger partial charge in [-0.3, -0.25) is 0 Å². The molecule has 0 aromatic carbocycles. The van der Waals surface area contributed by atoms with Crippen molar-refractivity contribution in [1.82, 2.24) is 0 Å². The maximum absolute atomic E-state index is 11.0. The molecule has 3 aliphatic heterocycles. The zero-order valence-corrected chi connectivity index (χ0v) is 20.3. The molecule has 0 radical (unpaired) electrons. The molecule has 15 nitrogen and oxygen atoms in total. The molecule has 0 aliphatic carbocycles. The van der Waals surface area contributed by atoms with Gasteiger partial charge in [-0.05, 0) is 0 Å². The fourth-order valence-electron chi connectivity index (χ4n) is 5.03. The van der Waals surface area contributed by atoms with E-state index in [0.29, 0.717) is 6.29 Å². The summed E-state index contributed by atoms with van der Waals surface area (Å²) in [5, 5.41) is 69.6. The topological polar surface area (TPSA) is 257 Å². The van der Waals surface area contributed by atoms with Crippen LogP contribution in [0.2, 0.25) is 0 Å². The van der Waals surface area contributed by atoms with E-state index in [1.807, 2.05) is 0 Å². The van der Waals surface area contributed by atoms with Crippen LogP contribution in [0.5, 0.6) is 0 Å². The van der Waals surface area contributed by atoms with Crippen molar-refractivity contribution < 1.29 is 64.2 Å². The Morgan fingerprint density at radius 1 is 0.595 bits per heavy atom. The van der Waals surface area contributed by atoms with Gasteiger partial charge in [-0.1, -0.05) is 0 Å². The summed E-state index contributed by atoms with van der Waals surface area (Å²) in [5.74, 6) is -1.38. The highest BCUT2D eigenvalue weighted by atomic mass is 16.6. The predicted molar refractivity (Wildman–Crippen MR) is 122 cm³/mol. The molecule has 37 heavy (non-hydrogen) atoms. The van der Waals surface area contributed by atoms with E-state index in [4.69, 9.17) is 35.2 Å². The standard InChI is InChI=1S/C22H40N2O13/c23-17-15(7-33-5-9-11(1-25)35-13(3-27)19(9)29)36-12(2-26)10(20(17)30)6-34-8-16-18(24)22(32)21(31)14(4-28)37-16/h3,9-22,25-26,28-32H,1-2,4-8,23-24H2/t9?,10-,11-,12?,13-,14?,15+,16+,17?,18?,19-,20-,21-,22+/m1/s1. The van der Waals surface area contributed by atoms with Crippen LogP contribution in [0.1, 0.15) is 0 Å². The zero-order valence-electron chi connectivity index (χ0n) is 20.3. The summed E-state index contributed by atoms with van der Waals surface area (Å²) in [6, 6.07) is -1.89. The second-order valence-corrected chi connectivity index (χ2v) is 9.77. The summed E-state index contributed by atoms with van der Waals surface area (Å²) in [6.45, 7) is -1.75. The number of nitrogens with two attached hydrogens (primary N) is 2. The molecule has 11 N–H and O–H groups in total. The van der Waals surface area contributed by atoms with Gasteiger partial charge in [0.2, 0.25) is 0 Å². The molecule has 0 spiro atoms. The smallest absolute Gasteiger partial charge is 0.151 e. The van der Waals surface area contributed by atoms with E-state index >= 15 is 0 Å². The molecule has 3 rings (SSSR count). The fraction of sp³-hybridized carbons (Fsp3) is 0.955. The van der Waals surface area contributed by atoms with Gasteiger partial charge in [0.25, 0.3) is 0 Å². The van der Waals surface area contributed by atoms with E-state index in [9.17, 15) is 40.5 Å². The van der Waals surface area contributed by atoms with Gasteiger partial charge in [-0.25, -0.2) is 0 Å². The monoisotopic (exact) mass is 540 g/mol. The average Bonchev–Trinajstić information content (AvgIpc) is 3.21. The number of aliphatic hydroxyl groups is 7. The van der Waals surface area contributed by atoms with Crippen molar-refractivity contribution in [3.8, 4) is 0 Å². The third kappa shape index (κ3) is 6.82. The third-order valence-corrected chi connectivity index (χ3v) is 7.44. The van der Waals surface area contributed by atoms with Gasteiger partial charge >= 0.3 is 0 Å². The SMILES string of the molecule is NC1[C@H](COC[C@@H]2C(CO)O[C@@H](COCC3[C@@H](O)[C@@H](C=O)O[C@@H]3CO)C(N)[C@@H]2O)OC(CO)[C@@H](O)[C@H]1O. The number of carbonyl (C=O) groups excluding carboxylic acids is 1. The molecule has 15 heteroatoms. The van der Waals surface area contributed by atoms with Crippen LogP contribution >= 0.6 is 0 Å². The Kier molecular flexibility index (Phi) is 11.6. The van der Waals surface area contributed by atoms with Crippen molar-refractivity contribution >= 4 is 6.29 Å². The summed E-state index contributed by atoms with van der Waals surface area (Å²) in [4.78, 5) is 11.0. The highest BCUT2D eigenvalue weighted by Crippen LogP contribution is 2.29. The molecule has 5 unspecified atom stereocenters. The van der Waals surface area contributed by atoms with Crippen LogP contribution in [0.3, 0.4) is 0 Å². The van der Waals surface area contributed by atoms with E-state index in [1.165, 1.54) is 0 Å². The molecule has 0 aromatic heterocycles. The van der Waals surface area contributed by atoms with Crippen LogP contribution in [-0.2, 0) is 28.5 Å². The van der Waals surface area contributed by atoms with Gasteiger partial charge in [0, 0.05) is 11.8 Å². The summed E-state index contributed by atoms with van der Waals surface area (Å²) < 4.78 is 27.9. The van der Waals surface area contributed by atoms with Crippen LogP contribution in [0.4, 0.5) is 0 Å². The number of aliphatic hydroxyl groups excluding tert-OH is 7. The lowest BCUT2D eigenvalue weighted by Gasteiger charge is -2.44. The lowest BCUT2D eigenvalue weighted by atomic mass is 9.86. The number of hydrogen-bond acceptors (Lipinski definition) is 15. The molecular formula is C22H40N2O13. The first-order valence-corrected chi connectivity index (χ1v) is 12.3. The van der Waals surface area contributed by atoms with E-state index < -0.39 is 105 Å². The van der Waals surface area contributed by atoms with Gasteiger partial charge in [0.1, 0.15) is 24.4 Å².